The first kappa shape index (κ1) is 29.2. The molecule has 0 saturated heterocycles. The monoisotopic (exact) mass is 490 g/mol. The number of carboxylic acids is 2. The summed E-state index contributed by atoms with van der Waals surface area (Å²) in [6, 6.07) is 11.3. The molecule has 0 saturated carbocycles. The average Bonchev–Trinajstić information content (AvgIpc) is 2.79. The summed E-state index contributed by atoms with van der Waals surface area (Å²) in [4.78, 5) is 44.7. The number of benzene rings is 2. The molecular formula is C24H31FN4O6. The zero-order chi connectivity index (χ0) is 26.5. The third kappa shape index (κ3) is 11.2. The summed E-state index contributed by atoms with van der Waals surface area (Å²) in [5, 5.41) is 21.9. The van der Waals surface area contributed by atoms with Crippen LogP contribution in [0.2, 0.25) is 0 Å². The number of nitrogens with one attached hydrogen (secondary N) is 2. The van der Waals surface area contributed by atoms with Gasteiger partial charge in [-0.3, -0.25) is 19.2 Å². The van der Waals surface area contributed by atoms with Gasteiger partial charge < -0.3 is 32.3 Å². The van der Waals surface area contributed by atoms with Crippen molar-refractivity contribution in [3.8, 4) is 0 Å². The second-order valence-electron chi connectivity index (χ2n) is 7.87. The molecule has 2 aromatic carbocycles. The van der Waals surface area contributed by atoms with Crippen LogP contribution in [0, 0.1) is 5.82 Å². The number of nitrogens with two attached hydrogens (primary N) is 2. The molecule has 0 spiro atoms. The summed E-state index contributed by atoms with van der Waals surface area (Å²) >= 11 is 0. The van der Waals surface area contributed by atoms with Crippen molar-refractivity contribution in [2.75, 3.05) is 0 Å². The van der Waals surface area contributed by atoms with Gasteiger partial charge in [0.05, 0.1) is 6.04 Å². The van der Waals surface area contributed by atoms with E-state index in [2.05, 4.69) is 10.6 Å². The average molecular weight is 491 g/mol. The lowest BCUT2D eigenvalue weighted by Gasteiger charge is -2.18. The van der Waals surface area contributed by atoms with Crippen LogP contribution in [-0.4, -0.2) is 58.1 Å². The van der Waals surface area contributed by atoms with Crippen molar-refractivity contribution in [1.82, 2.24) is 10.6 Å². The van der Waals surface area contributed by atoms with Crippen LogP contribution >= 0.6 is 0 Å². The van der Waals surface area contributed by atoms with Gasteiger partial charge in [0.1, 0.15) is 23.9 Å². The normalized spacial score (nSPS) is 13.7. The van der Waals surface area contributed by atoms with E-state index in [-0.39, 0.29) is 6.42 Å². The minimum absolute atomic E-state index is 0.115. The Hall–Kier alpha value is -3.83. The minimum Gasteiger partial charge on any atom is -0.480 e. The number of carbonyl (C=O) groups is 4. The molecule has 2 amide bonds. The number of carbonyl (C=O) groups excluding carboxylic acids is 2. The van der Waals surface area contributed by atoms with E-state index < -0.39 is 53.7 Å². The van der Waals surface area contributed by atoms with Gasteiger partial charge in [-0.05, 0) is 49.9 Å². The van der Waals surface area contributed by atoms with Crippen molar-refractivity contribution in [2.24, 2.45) is 11.5 Å². The highest BCUT2D eigenvalue weighted by Gasteiger charge is 2.23. The van der Waals surface area contributed by atoms with Crippen molar-refractivity contribution in [1.29, 1.82) is 0 Å². The quantitative estimate of drug-likeness (QED) is 0.277. The van der Waals surface area contributed by atoms with Crippen LogP contribution in [-0.2, 0) is 32.0 Å². The van der Waals surface area contributed by atoms with E-state index in [1.165, 1.54) is 32.0 Å². The Bertz CT molecular complexity index is 1000. The number of halogens is 1. The zero-order valence-electron chi connectivity index (χ0n) is 19.5. The molecule has 4 atom stereocenters. The SMILES string of the molecule is C[C@H](NC(=O)[C@H](C)NC(=O)[C@@H](N)Cc1cccc(F)c1)C(=O)O.N[C@@H](Cc1ccccc1)C(=O)O. The number of aliphatic carboxylic acids is 2. The van der Waals surface area contributed by atoms with Crippen LogP contribution in [0.25, 0.3) is 0 Å². The molecule has 0 aliphatic rings. The lowest BCUT2D eigenvalue weighted by Crippen LogP contribution is -2.53. The Morgan fingerprint density at radius 2 is 1.31 bits per heavy atom. The number of hydrogen-bond donors (Lipinski definition) is 6. The van der Waals surface area contributed by atoms with Crippen molar-refractivity contribution in [3.63, 3.8) is 0 Å². The van der Waals surface area contributed by atoms with Crippen LogP contribution in [0.15, 0.2) is 54.6 Å². The van der Waals surface area contributed by atoms with Gasteiger partial charge in [-0.2, -0.15) is 0 Å². The third-order valence-electron chi connectivity index (χ3n) is 4.78. The fraction of sp³-hybridized carbons (Fsp3) is 0.333. The van der Waals surface area contributed by atoms with Gasteiger partial charge in [0.15, 0.2) is 0 Å². The maximum absolute atomic E-state index is 13.1. The molecule has 0 unspecified atom stereocenters. The molecule has 190 valence electrons. The first-order valence-corrected chi connectivity index (χ1v) is 10.8. The standard InChI is InChI=1S/C15H20FN3O4.C9H11NO2/c1-8(13(20)19-9(2)15(22)23)18-14(21)12(17)7-10-4-3-5-11(16)6-10;10-8(9(11)12)6-7-4-2-1-3-5-7/h3-6,8-9,12H,7,17H2,1-2H3,(H,18,21)(H,19,20)(H,22,23);1-5,8H,6,10H2,(H,11,12)/t8-,9-,12-;8-/m00/s1. The second-order valence-corrected chi connectivity index (χ2v) is 7.87. The fourth-order valence-corrected chi connectivity index (χ4v) is 2.75. The number of hydrogen-bond acceptors (Lipinski definition) is 6. The Morgan fingerprint density at radius 3 is 1.86 bits per heavy atom. The van der Waals surface area contributed by atoms with Crippen LogP contribution in [0.1, 0.15) is 25.0 Å². The molecule has 35 heavy (non-hydrogen) atoms. The topological polar surface area (TPSA) is 185 Å². The highest BCUT2D eigenvalue weighted by atomic mass is 19.1. The molecule has 0 radical (unpaired) electrons. The molecule has 0 heterocycles. The van der Waals surface area contributed by atoms with E-state index in [0.717, 1.165) is 5.56 Å². The molecule has 10 nitrogen and oxygen atoms in total. The third-order valence-corrected chi connectivity index (χ3v) is 4.78. The smallest absolute Gasteiger partial charge is 0.325 e. The largest absolute Gasteiger partial charge is 0.480 e. The molecule has 0 aliphatic heterocycles. The second kappa shape index (κ2) is 14.4. The van der Waals surface area contributed by atoms with Gasteiger partial charge in [0, 0.05) is 0 Å². The predicted octanol–water partition coefficient (Wildman–Crippen LogP) is 0.431. The lowest BCUT2D eigenvalue weighted by atomic mass is 10.1. The van der Waals surface area contributed by atoms with E-state index in [1.54, 1.807) is 6.07 Å². The van der Waals surface area contributed by atoms with Crippen LogP contribution < -0.4 is 22.1 Å². The van der Waals surface area contributed by atoms with Crippen molar-refractivity contribution in [3.05, 3.63) is 71.5 Å². The first-order valence-electron chi connectivity index (χ1n) is 10.8. The van der Waals surface area contributed by atoms with Gasteiger partial charge in [-0.25, -0.2) is 4.39 Å². The predicted molar refractivity (Wildman–Crippen MR) is 127 cm³/mol. The molecule has 0 bridgehead atoms. The Labute approximate surface area is 202 Å². The van der Waals surface area contributed by atoms with Crippen molar-refractivity contribution >= 4 is 23.8 Å². The number of carboxylic acid groups (broad SMARTS) is 2. The van der Waals surface area contributed by atoms with E-state index in [1.807, 2.05) is 30.3 Å². The summed E-state index contributed by atoms with van der Waals surface area (Å²) < 4.78 is 13.1. The Morgan fingerprint density at radius 1 is 0.771 bits per heavy atom. The summed E-state index contributed by atoms with van der Waals surface area (Å²) in [5.74, 6) is -3.78. The fourth-order valence-electron chi connectivity index (χ4n) is 2.75. The van der Waals surface area contributed by atoms with Crippen molar-refractivity contribution in [2.45, 2.75) is 50.9 Å². The van der Waals surface area contributed by atoms with Crippen molar-refractivity contribution < 1.29 is 33.8 Å². The Balaban J connectivity index is 0.000000427. The molecule has 8 N–H and O–H groups in total. The Kier molecular flexibility index (Phi) is 12.0. The minimum atomic E-state index is -1.18. The summed E-state index contributed by atoms with van der Waals surface area (Å²) in [6.07, 6.45) is 0.500. The van der Waals surface area contributed by atoms with Gasteiger partial charge >= 0.3 is 11.9 Å². The number of rotatable bonds is 10. The van der Waals surface area contributed by atoms with E-state index in [9.17, 15) is 23.6 Å². The molecule has 0 fully saturated rings. The molecule has 11 heteroatoms. The maximum atomic E-state index is 13.1. The van der Waals surface area contributed by atoms with Gasteiger partial charge in [-0.15, -0.1) is 0 Å². The number of amides is 2. The van der Waals surface area contributed by atoms with Gasteiger partial charge in [-0.1, -0.05) is 42.5 Å². The van der Waals surface area contributed by atoms with E-state index >= 15 is 0 Å². The summed E-state index contributed by atoms with van der Waals surface area (Å²) in [5.41, 5.74) is 12.6. The van der Waals surface area contributed by atoms with Gasteiger partial charge in [0.2, 0.25) is 11.8 Å². The van der Waals surface area contributed by atoms with Gasteiger partial charge in [0.25, 0.3) is 0 Å². The summed E-state index contributed by atoms with van der Waals surface area (Å²) in [6.45, 7) is 2.72. The van der Waals surface area contributed by atoms with Crippen LogP contribution in [0.4, 0.5) is 4.39 Å². The highest BCUT2D eigenvalue weighted by Crippen LogP contribution is 2.06. The van der Waals surface area contributed by atoms with Crippen LogP contribution in [0.5, 0.6) is 0 Å². The van der Waals surface area contributed by atoms with Crippen LogP contribution in [0.3, 0.4) is 0 Å². The zero-order valence-corrected chi connectivity index (χ0v) is 19.5. The molecule has 2 aromatic rings. The highest BCUT2D eigenvalue weighted by molar-refractivity contribution is 5.91. The van der Waals surface area contributed by atoms with E-state index in [0.29, 0.717) is 12.0 Å². The lowest BCUT2D eigenvalue weighted by molar-refractivity contribution is -0.141. The first-order chi connectivity index (χ1) is 16.4. The molecule has 0 aromatic heterocycles. The molecule has 0 aliphatic carbocycles. The maximum Gasteiger partial charge on any atom is 0.325 e. The summed E-state index contributed by atoms with van der Waals surface area (Å²) in [7, 11) is 0. The molecule has 2 rings (SSSR count). The molecular weight excluding hydrogens is 459 g/mol. The van der Waals surface area contributed by atoms with E-state index in [4.69, 9.17) is 21.7 Å².